The number of amides is 1. The number of hydrogen-bond donors (Lipinski definition) is 1. The van der Waals surface area contributed by atoms with Crippen molar-refractivity contribution in [3.63, 3.8) is 0 Å². The maximum absolute atomic E-state index is 12.5. The molecule has 1 aromatic rings. The van der Waals surface area contributed by atoms with Gasteiger partial charge in [-0.1, -0.05) is 37.3 Å². The Balaban J connectivity index is 1.87. The van der Waals surface area contributed by atoms with Crippen LogP contribution in [0.4, 0.5) is 0 Å². The SMILES string of the molecule is CCN1CCC(N(C)C(=O)C(N)Cc2ccccc2)CC1. The number of carbonyl (C=O) groups excluding carboxylic acids is 1. The Hall–Kier alpha value is -1.39. The van der Waals surface area contributed by atoms with Gasteiger partial charge in [0.25, 0.3) is 0 Å². The number of rotatable bonds is 5. The topological polar surface area (TPSA) is 49.6 Å². The summed E-state index contributed by atoms with van der Waals surface area (Å²) in [6, 6.07) is 9.88. The highest BCUT2D eigenvalue weighted by Gasteiger charge is 2.27. The summed E-state index contributed by atoms with van der Waals surface area (Å²) >= 11 is 0. The third-order valence-electron chi connectivity index (χ3n) is 4.52. The van der Waals surface area contributed by atoms with Crippen molar-refractivity contribution >= 4 is 5.91 Å². The lowest BCUT2D eigenvalue weighted by atomic mass is 10.0. The number of nitrogens with two attached hydrogens (primary N) is 1. The highest BCUT2D eigenvalue weighted by molar-refractivity contribution is 5.82. The predicted molar refractivity (Wildman–Crippen MR) is 86.0 cm³/mol. The molecule has 1 amide bonds. The van der Waals surface area contributed by atoms with Crippen LogP contribution in [0.1, 0.15) is 25.3 Å². The summed E-state index contributed by atoms with van der Waals surface area (Å²) in [7, 11) is 1.90. The van der Waals surface area contributed by atoms with Gasteiger partial charge < -0.3 is 15.5 Å². The Kier molecular flexibility index (Phi) is 5.76. The Labute approximate surface area is 127 Å². The van der Waals surface area contributed by atoms with E-state index in [4.69, 9.17) is 5.73 Å². The van der Waals surface area contributed by atoms with Crippen molar-refractivity contribution in [1.82, 2.24) is 9.80 Å². The molecule has 2 rings (SSSR count). The second-order valence-corrected chi connectivity index (χ2v) is 5.91. The molecule has 21 heavy (non-hydrogen) atoms. The van der Waals surface area contributed by atoms with Crippen LogP contribution in [0.5, 0.6) is 0 Å². The zero-order valence-corrected chi connectivity index (χ0v) is 13.2. The Morgan fingerprint density at radius 2 is 1.95 bits per heavy atom. The van der Waals surface area contributed by atoms with Crippen molar-refractivity contribution in [3.05, 3.63) is 35.9 Å². The molecule has 1 atom stereocenters. The summed E-state index contributed by atoms with van der Waals surface area (Å²) in [4.78, 5) is 16.8. The molecule has 4 heteroatoms. The lowest BCUT2D eigenvalue weighted by Gasteiger charge is -2.37. The fraction of sp³-hybridized carbons (Fsp3) is 0.588. The Morgan fingerprint density at radius 3 is 2.52 bits per heavy atom. The van der Waals surface area contributed by atoms with E-state index in [1.807, 2.05) is 42.3 Å². The third-order valence-corrected chi connectivity index (χ3v) is 4.52. The number of piperidine rings is 1. The number of likely N-dealkylation sites (tertiary alicyclic amines) is 1. The highest BCUT2D eigenvalue weighted by atomic mass is 16.2. The summed E-state index contributed by atoms with van der Waals surface area (Å²) in [5.74, 6) is 0.0637. The number of likely N-dealkylation sites (N-methyl/N-ethyl adjacent to an activating group) is 1. The molecule has 2 N–H and O–H groups in total. The molecule has 0 spiro atoms. The summed E-state index contributed by atoms with van der Waals surface area (Å²) in [6.07, 6.45) is 2.71. The fourth-order valence-corrected chi connectivity index (χ4v) is 3.02. The molecule has 116 valence electrons. The highest BCUT2D eigenvalue weighted by Crippen LogP contribution is 2.16. The van der Waals surface area contributed by atoms with E-state index in [0.717, 1.165) is 38.0 Å². The van der Waals surface area contributed by atoms with Crippen LogP contribution in [0.25, 0.3) is 0 Å². The van der Waals surface area contributed by atoms with E-state index in [9.17, 15) is 4.79 Å². The van der Waals surface area contributed by atoms with Gasteiger partial charge in [-0.15, -0.1) is 0 Å². The molecule has 4 nitrogen and oxygen atoms in total. The van der Waals surface area contributed by atoms with Crippen molar-refractivity contribution in [2.45, 2.75) is 38.3 Å². The van der Waals surface area contributed by atoms with Crippen LogP contribution in [0.3, 0.4) is 0 Å². The van der Waals surface area contributed by atoms with Crippen LogP contribution in [-0.2, 0) is 11.2 Å². The molecule has 0 aliphatic carbocycles. The average molecular weight is 289 g/mol. The van der Waals surface area contributed by atoms with E-state index in [2.05, 4.69) is 11.8 Å². The minimum atomic E-state index is -0.443. The van der Waals surface area contributed by atoms with Crippen LogP contribution in [0, 0.1) is 0 Å². The van der Waals surface area contributed by atoms with Crippen LogP contribution in [-0.4, -0.2) is 54.5 Å². The molecule has 0 bridgehead atoms. The van der Waals surface area contributed by atoms with Crippen molar-refractivity contribution in [1.29, 1.82) is 0 Å². The maximum atomic E-state index is 12.5. The molecule has 0 aromatic heterocycles. The van der Waals surface area contributed by atoms with Gasteiger partial charge in [0.15, 0.2) is 0 Å². The molecule has 1 aliphatic heterocycles. The average Bonchev–Trinajstić information content (AvgIpc) is 2.54. The first-order valence-corrected chi connectivity index (χ1v) is 7.90. The smallest absolute Gasteiger partial charge is 0.239 e. The number of carbonyl (C=O) groups is 1. The number of nitrogens with zero attached hydrogens (tertiary/aromatic N) is 2. The minimum absolute atomic E-state index is 0.0637. The first-order valence-electron chi connectivity index (χ1n) is 7.90. The van der Waals surface area contributed by atoms with Crippen LogP contribution in [0.2, 0.25) is 0 Å². The minimum Gasteiger partial charge on any atom is -0.341 e. The predicted octanol–water partition coefficient (Wildman–Crippen LogP) is 1.50. The summed E-state index contributed by atoms with van der Waals surface area (Å²) < 4.78 is 0. The lowest BCUT2D eigenvalue weighted by molar-refractivity contribution is -0.134. The molecule has 1 aromatic carbocycles. The number of benzene rings is 1. The van der Waals surface area contributed by atoms with Crippen LogP contribution < -0.4 is 5.73 Å². The molecule has 1 unspecified atom stereocenters. The molecule has 1 saturated heterocycles. The van der Waals surface area contributed by atoms with Gasteiger partial charge >= 0.3 is 0 Å². The second kappa shape index (κ2) is 7.57. The number of hydrogen-bond acceptors (Lipinski definition) is 3. The van der Waals surface area contributed by atoms with Crippen molar-refractivity contribution < 1.29 is 4.79 Å². The monoisotopic (exact) mass is 289 g/mol. The van der Waals surface area contributed by atoms with E-state index in [1.165, 1.54) is 0 Å². The van der Waals surface area contributed by atoms with E-state index in [-0.39, 0.29) is 5.91 Å². The third kappa shape index (κ3) is 4.29. The van der Waals surface area contributed by atoms with Gasteiger partial charge in [0.1, 0.15) is 0 Å². The molecule has 1 fully saturated rings. The van der Waals surface area contributed by atoms with Gasteiger partial charge in [-0.3, -0.25) is 4.79 Å². The van der Waals surface area contributed by atoms with Gasteiger partial charge in [-0.2, -0.15) is 0 Å². The van der Waals surface area contributed by atoms with Crippen molar-refractivity contribution in [3.8, 4) is 0 Å². The van der Waals surface area contributed by atoms with Gasteiger partial charge in [0, 0.05) is 26.2 Å². The van der Waals surface area contributed by atoms with Crippen molar-refractivity contribution in [2.75, 3.05) is 26.7 Å². The first kappa shape index (κ1) is 16.0. The van der Waals surface area contributed by atoms with Crippen LogP contribution in [0.15, 0.2) is 30.3 Å². The molecule has 1 aliphatic rings. The zero-order valence-electron chi connectivity index (χ0n) is 13.2. The van der Waals surface area contributed by atoms with Gasteiger partial charge in [0.2, 0.25) is 5.91 Å². The Morgan fingerprint density at radius 1 is 1.33 bits per heavy atom. The normalized spacial score (nSPS) is 18.4. The molecule has 0 saturated carbocycles. The molecule has 0 radical (unpaired) electrons. The van der Waals surface area contributed by atoms with Crippen molar-refractivity contribution in [2.24, 2.45) is 5.73 Å². The summed E-state index contributed by atoms with van der Waals surface area (Å²) in [5, 5.41) is 0. The molecule has 1 heterocycles. The largest absolute Gasteiger partial charge is 0.341 e. The van der Waals surface area contributed by atoms with E-state index < -0.39 is 6.04 Å². The molecular formula is C17H27N3O. The standard InChI is InChI=1S/C17H27N3O/c1-3-20-11-9-15(10-12-20)19(2)17(21)16(18)13-14-7-5-4-6-8-14/h4-8,15-16H,3,9-13,18H2,1-2H3. The summed E-state index contributed by atoms with van der Waals surface area (Å²) in [6.45, 7) is 5.43. The first-order chi connectivity index (χ1) is 10.1. The lowest BCUT2D eigenvalue weighted by Crippen LogP contribution is -2.51. The quantitative estimate of drug-likeness (QED) is 0.893. The maximum Gasteiger partial charge on any atom is 0.239 e. The zero-order chi connectivity index (χ0) is 15.2. The Bertz CT molecular complexity index is 441. The van der Waals surface area contributed by atoms with Gasteiger partial charge in [0.05, 0.1) is 6.04 Å². The van der Waals surface area contributed by atoms with E-state index >= 15 is 0 Å². The fourth-order valence-electron chi connectivity index (χ4n) is 3.02. The second-order valence-electron chi connectivity index (χ2n) is 5.91. The van der Waals surface area contributed by atoms with Gasteiger partial charge in [-0.25, -0.2) is 0 Å². The summed E-state index contributed by atoms with van der Waals surface area (Å²) in [5.41, 5.74) is 7.23. The van der Waals surface area contributed by atoms with Gasteiger partial charge in [-0.05, 0) is 31.4 Å². The van der Waals surface area contributed by atoms with E-state index in [0.29, 0.717) is 12.5 Å². The molecular weight excluding hydrogens is 262 g/mol. The van der Waals surface area contributed by atoms with Crippen LogP contribution >= 0.6 is 0 Å². The van der Waals surface area contributed by atoms with E-state index in [1.54, 1.807) is 0 Å².